The predicted molar refractivity (Wildman–Crippen MR) is 77.2 cm³/mol. The highest BCUT2D eigenvalue weighted by molar-refractivity contribution is 5.94. The number of pyridine rings is 1. The van der Waals surface area contributed by atoms with E-state index in [1.54, 1.807) is 11.0 Å². The number of amides is 1. The van der Waals surface area contributed by atoms with Gasteiger partial charge in [0.05, 0.1) is 5.41 Å². The first-order chi connectivity index (χ1) is 10.00. The van der Waals surface area contributed by atoms with E-state index in [1.807, 2.05) is 6.92 Å². The number of carbonyl (C=O) groups excluding carboxylic acids is 1. The van der Waals surface area contributed by atoms with Crippen molar-refractivity contribution in [3.63, 3.8) is 0 Å². The maximum absolute atomic E-state index is 12.3. The Balaban J connectivity index is 2.10. The van der Waals surface area contributed by atoms with Crippen molar-refractivity contribution in [3.05, 3.63) is 34.2 Å². The summed E-state index contributed by atoms with van der Waals surface area (Å²) in [5.74, 6) is -1.11. The Morgan fingerprint density at radius 3 is 2.57 bits per heavy atom. The van der Waals surface area contributed by atoms with E-state index < -0.39 is 16.9 Å². The third-order valence-electron chi connectivity index (χ3n) is 4.24. The van der Waals surface area contributed by atoms with Gasteiger partial charge in [0, 0.05) is 19.3 Å². The van der Waals surface area contributed by atoms with Gasteiger partial charge in [0.1, 0.15) is 5.56 Å². The van der Waals surface area contributed by atoms with E-state index in [4.69, 9.17) is 0 Å². The van der Waals surface area contributed by atoms with Gasteiger partial charge in [-0.25, -0.2) is 0 Å². The van der Waals surface area contributed by atoms with Crippen molar-refractivity contribution in [2.75, 3.05) is 13.1 Å². The summed E-state index contributed by atoms with van der Waals surface area (Å²) in [4.78, 5) is 39.5. The summed E-state index contributed by atoms with van der Waals surface area (Å²) < 4.78 is 0. The van der Waals surface area contributed by atoms with Crippen molar-refractivity contribution in [1.82, 2.24) is 9.88 Å². The van der Waals surface area contributed by atoms with E-state index in [-0.39, 0.29) is 11.5 Å². The summed E-state index contributed by atoms with van der Waals surface area (Å²) in [5.41, 5.74) is -1.03. The van der Waals surface area contributed by atoms with Crippen molar-refractivity contribution < 1.29 is 14.7 Å². The zero-order valence-electron chi connectivity index (χ0n) is 12.1. The summed E-state index contributed by atoms with van der Waals surface area (Å²) in [6.07, 6.45) is 3.78. The molecule has 0 saturated carbocycles. The van der Waals surface area contributed by atoms with Gasteiger partial charge < -0.3 is 15.0 Å². The molecule has 0 bridgehead atoms. The summed E-state index contributed by atoms with van der Waals surface area (Å²) >= 11 is 0. The Hall–Kier alpha value is -2.11. The number of nitrogens with one attached hydrogen (secondary N) is 1. The summed E-state index contributed by atoms with van der Waals surface area (Å²) in [5, 5.41) is 9.45. The first-order valence-corrected chi connectivity index (χ1v) is 7.20. The van der Waals surface area contributed by atoms with E-state index in [0.717, 1.165) is 6.42 Å². The molecule has 1 aliphatic heterocycles. The number of aliphatic carboxylic acids is 1. The summed E-state index contributed by atoms with van der Waals surface area (Å²) in [6.45, 7) is 2.71. The molecule has 2 N–H and O–H groups in total. The van der Waals surface area contributed by atoms with Gasteiger partial charge in [-0.3, -0.25) is 14.4 Å². The Labute approximate surface area is 122 Å². The minimum absolute atomic E-state index is 0.107. The molecule has 6 nitrogen and oxygen atoms in total. The lowest BCUT2D eigenvalue weighted by atomic mass is 9.75. The van der Waals surface area contributed by atoms with Crippen molar-refractivity contribution in [3.8, 4) is 0 Å². The number of rotatable bonds is 4. The number of carbonyl (C=O) groups is 2. The zero-order valence-corrected chi connectivity index (χ0v) is 12.1. The Bertz CT molecular complexity index is 585. The quantitative estimate of drug-likeness (QED) is 0.879. The highest BCUT2D eigenvalue weighted by Crippen LogP contribution is 2.36. The number of hydrogen-bond donors (Lipinski definition) is 2. The fourth-order valence-corrected chi connectivity index (χ4v) is 2.95. The lowest BCUT2D eigenvalue weighted by molar-refractivity contribution is -0.152. The monoisotopic (exact) mass is 292 g/mol. The number of aromatic nitrogens is 1. The molecule has 0 aromatic carbocycles. The molecule has 1 amide bonds. The van der Waals surface area contributed by atoms with E-state index in [0.29, 0.717) is 32.4 Å². The van der Waals surface area contributed by atoms with Gasteiger partial charge >= 0.3 is 5.97 Å². The molecule has 0 spiro atoms. The SMILES string of the molecule is CCCC1(C(=O)O)CCN(C(=O)c2ccc[nH]c2=O)CC1. The molecule has 0 aliphatic carbocycles. The van der Waals surface area contributed by atoms with Crippen LogP contribution in [0.5, 0.6) is 0 Å². The molecule has 1 aromatic heterocycles. The number of H-pyrrole nitrogens is 1. The smallest absolute Gasteiger partial charge is 0.309 e. The Morgan fingerprint density at radius 1 is 1.38 bits per heavy atom. The number of hydrogen-bond acceptors (Lipinski definition) is 3. The van der Waals surface area contributed by atoms with Crippen LogP contribution in [0.1, 0.15) is 43.0 Å². The molecule has 0 radical (unpaired) electrons. The standard InChI is InChI=1S/C15H20N2O4/c1-2-5-15(14(20)21)6-9-17(10-7-15)13(19)11-4-3-8-16-12(11)18/h3-4,8H,2,5-7,9-10H2,1H3,(H,16,18)(H,20,21). The molecule has 2 heterocycles. The van der Waals surface area contributed by atoms with Crippen molar-refractivity contribution >= 4 is 11.9 Å². The molecule has 1 fully saturated rings. The number of carboxylic acids is 1. The molecule has 1 aromatic rings. The third-order valence-corrected chi connectivity index (χ3v) is 4.24. The maximum atomic E-state index is 12.3. The van der Waals surface area contributed by atoms with Crippen molar-refractivity contribution in [1.29, 1.82) is 0 Å². The van der Waals surface area contributed by atoms with Gasteiger partial charge in [0.2, 0.25) is 0 Å². The molecular formula is C15H20N2O4. The fraction of sp³-hybridized carbons (Fsp3) is 0.533. The van der Waals surface area contributed by atoms with Gasteiger partial charge in [0.25, 0.3) is 11.5 Å². The minimum atomic E-state index is -0.783. The Morgan fingerprint density at radius 2 is 2.05 bits per heavy atom. The highest BCUT2D eigenvalue weighted by Gasteiger charge is 2.41. The van der Waals surface area contributed by atoms with Gasteiger partial charge in [-0.05, 0) is 31.4 Å². The highest BCUT2D eigenvalue weighted by atomic mass is 16.4. The average Bonchev–Trinajstić information content (AvgIpc) is 2.48. The van der Waals surface area contributed by atoms with Gasteiger partial charge in [-0.2, -0.15) is 0 Å². The number of carboxylic acid groups (broad SMARTS) is 1. The van der Waals surface area contributed by atoms with Crippen LogP contribution in [-0.4, -0.2) is 40.0 Å². The van der Waals surface area contributed by atoms with Crippen LogP contribution in [0, 0.1) is 5.41 Å². The molecular weight excluding hydrogens is 272 g/mol. The maximum Gasteiger partial charge on any atom is 0.309 e. The molecule has 1 aliphatic rings. The number of likely N-dealkylation sites (tertiary alicyclic amines) is 1. The second-order valence-electron chi connectivity index (χ2n) is 5.54. The van der Waals surface area contributed by atoms with Gasteiger partial charge in [0.15, 0.2) is 0 Å². The topological polar surface area (TPSA) is 90.5 Å². The van der Waals surface area contributed by atoms with Crippen LogP contribution >= 0.6 is 0 Å². The number of piperidine rings is 1. The number of nitrogens with zero attached hydrogens (tertiary/aromatic N) is 1. The van der Waals surface area contributed by atoms with Gasteiger partial charge in [-0.1, -0.05) is 13.3 Å². The van der Waals surface area contributed by atoms with Crippen LogP contribution in [0.25, 0.3) is 0 Å². The molecule has 1 saturated heterocycles. The predicted octanol–water partition coefficient (Wildman–Crippen LogP) is 1.48. The second kappa shape index (κ2) is 6.11. The molecule has 0 unspecified atom stereocenters. The van der Waals surface area contributed by atoms with Crippen LogP contribution < -0.4 is 5.56 Å². The van der Waals surface area contributed by atoms with Gasteiger partial charge in [-0.15, -0.1) is 0 Å². The summed E-state index contributed by atoms with van der Waals surface area (Å²) in [7, 11) is 0. The lowest BCUT2D eigenvalue weighted by Crippen LogP contribution is -2.47. The molecule has 6 heteroatoms. The van der Waals surface area contributed by atoms with Crippen LogP contribution in [0.15, 0.2) is 23.1 Å². The van der Waals surface area contributed by atoms with Crippen LogP contribution in [-0.2, 0) is 4.79 Å². The fourth-order valence-electron chi connectivity index (χ4n) is 2.95. The summed E-state index contributed by atoms with van der Waals surface area (Å²) in [6, 6.07) is 3.10. The Kier molecular flexibility index (Phi) is 4.45. The average molecular weight is 292 g/mol. The van der Waals surface area contributed by atoms with Crippen LogP contribution in [0.3, 0.4) is 0 Å². The van der Waals surface area contributed by atoms with Crippen LogP contribution in [0.2, 0.25) is 0 Å². The second-order valence-corrected chi connectivity index (χ2v) is 5.54. The molecule has 2 rings (SSSR count). The third kappa shape index (κ3) is 2.99. The van der Waals surface area contributed by atoms with E-state index in [2.05, 4.69) is 4.98 Å². The van der Waals surface area contributed by atoms with E-state index in [9.17, 15) is 19.5 Å². The number of aromatic amines is 1. The molecule has 21 heavy (non-hydrogen) atoms. The largest absolute Gasteiger partial charge is 0.481 e. The van der Waals surface area contributed by atoms with Crippen molar-refractivity contribution in [2.24, 2.45) is 5.41 Å². The van der Waals surface area contributed by atoms with Crippen LogP contribution in [0.4, 0.5) is 0 Å². The van der Waals surface area contributed by atoms with E-state index in [1.165, 1.54) is 12.3 Å². The lowest BCUT2D eigenvalue weighted by Gasteiger charge is -2.38. The first kappa shape index (κ1) is 15.3. The van der Waals surface area contributed by atoms with Crippen molar-refractivity contribution in [2.45, 2.75) is 32.6 Å². The molecule has 114 valence electrons. The first-order valence-electron chi connectivity index (χ1n) is 7.20. The minimum Gasteiger partial charge on any atom is -0.481 e. The van der Waals surface area contributed by atoms with E-state index >= 15 is 0 Å². The molecule has 0 atom stereocenters. The zero-order chi connectivity index (χ0) is 15.5. The normalized spacial score (nSPS) is 17.5.